The third-order valence-corrected chi connectivity index (χ3v) is 7.85. The van der Waals surface area contributed by atoms with E-state index in [4.69, 9.17) is 0 Å². The van der Waals surface area contributed by atoms with Crippen molar-refractivity contribution in [1.82, 2.24) is 9.80 Å². The summed E-state index contributed by atoms with van der Waals surface area (Å²) in [7, 11) is 0. The van der Waals surface area contributed by atoms with Crippen molar-refractivity contribution in [3.8, 4) is 0 Å². The highest BCUT2D eigenvalue weighted by molar-refractivity contribution is 7.11. The molecule has 1 aliphatic rings. The maximum absolute atomic E-state index is 13.5. The van der Waals surface area contributed by atoms with Gasteiger partial charge in [0.1, 0.15) is 0 Å². The summed E-state index contributed by atoms with van der Waals surface area (Å²) in [4.78, 5) is 32.9. The molecule has 3 rings (SSSR count). The fourth-order valence-electron chi connectivity index (χ4n) is 4.60. The molecule has 1 unspecified atom stereocenters. The molecule has 1 atom stereocenters. The summed E-state index contributed by atoms with van der Waals surface area (Å²) in [6, 6.07) is 14.3. The number of rotatable bonds is 12. The molecule has 0 radical (unpaired) electrons. The second-order valence-electron chi connectivity index (χ2n) is 9.72. The number of hydrogen-bond donors (Lipinski definition) is 0. The van der Waals surface area contributed by atoms with Gasteiger partial charge in [0, 0.05) is 29.3 Å². The summed E-state index contributed by atoms with van der Waals surface area (Å²) in [5.74, 6) is 1.24. The van der Waals surface area contributed by atoms with Crippen molar-refractivity contribution in [1.29, 1.82) is 0 Å². The van der Waals surface area contributed by atoms with Crippen LogP contribution in [0.5, 0.6) is 0 Å². The van der Waals surface area contributed by atoms with Crippen LogP contribution in [0.4, 0.5) is 0 Å². The topological polar surface area (TPSA) is 40.6 Å². The zero-order valence-electron chi connectivity index (χ0n) is 20.6. The Balaban J connectivity index is 1.70. The average molecular weight is 469 g/mol. The Hall–Kier alpha value is -2.14. The van der Waals surface area contributed by atoms with Crippen molar-refractivity contribution in [2.75, 3.05) is 13.1 Å². The van der Waals surface area contributed by atoms with E-state index in [-0.39, 0.29) is 18.4 Å². The van der Waals surface area contributed by atoms with Crippen LogP contribution >= 0.6 is 11.3 Å². The first-order valence-corrected chi connectivity index (χ1v) is 13.4. The predicted molar refractivity (Wildman–Crippen MR) is 137 cm³/mol. The van der Waals surface area contributed by atoms with Crippen molar-refractivity contribution in [2.24, 2.45) is 11.8 Å². The molecule has 1 aromatic heterocycles. The van der Waals surface area contributed by atoms with Crippen LogP contribution in [0.15, 0.2) is 42.5 Å². The van der Waals surface area contributed by atoms with Gasteiger partial charge < -0.3 is 9.80 Å². The van der Waals surface area contributed by atoms with E-state index in [9.17, 15) is 9.59 Å². The molecule has 1 fully saturated rings. The summed E-state index contributed by atoms with van der Waals surface area (Å²) < 4.78 is 0. The maximum atomic E-state index is 13.5. The number of aryl methyl sites for hydroxylation is 1. The Labute approximate surface area is 204 Å². The van der Waals surface area contributed by atoms with Gasteiger partial charge in [-0.3, -0.25) is 9.59 Å². The molecule has 1 aliphatic carbocycles. The lowest BCUT2D eigenvalue weighted by Gasteiger charge is -2.29. The standard InChI is InChI=1S/C28H40N2O2S/c1-4-22(2)18-29(27(31)17-15-24-10-8-9-11-24)21-28(32)30(19-25-12-6-5-7-13-25)20-26-16-14-23(3)33-26/h5-7,12-14,16,22,24H,4,8-11,15,17-21H2,1-3H3. The molecular weight excluding hydrogens is 428 g/mol. The molecule has 0 N–H and O–H groups in total. The highest BCUT2D eigenvalue weighted by Crippen LogP contribution is 2.29. The lowest BCUT2D eigenvalue weighted by atomic mass is 10.0. The number of benzene rings is 1. The Morgan fingerprint density at radius 2 is 1.73 bits per heavy atom. The Bertz CT molecular complexity index is 873. The smallest absolute Gasteiger partial charge is 0.242 e. The number of amides is 2. The van der Waals surface area contributed by atoms with Crippen LogP contribution in [0.1, 0.15) is 74.1 Å². The van der Waals surface area contributed by atoms with Crippen LogP contribution in [-0.2, 0) is 22.7 Å². The summed E-state index contributed by atoms with van der Waals surface area (Å²) in [5.41, 5.74) is 1.11. The van der Waals surface area contributed by atoms with Gasteiger partial charge in [0.2, 0.25) is 11.8 Å². The van der Waals surface area contributed by atoms with E-state index < -0.39 is 0 Å². The van der Waals surface area contributed by atoms with Gasteiger partial charge in [-0.25, -0.2) is 0 Å². The zero-order valence-corrected chi connectivity index (χ0v) is 21.4. The zero-order chi connectivity index (χ0) is 23.6. The lowest BCUT2D eigenvalue weighted by molar-refractivity contribution is -0.141. The monoisotopic (exact) mass is 468 g/mol. The van der Waals surface area contributed by atoms with E-state index in [0.29, 0.717) is 37.9 Å². The lowest BCUT2D eigenvalue weighted by Crippen LogP contribution is -2.44. The van der Waals surface area contributed by atoms with Gasteiger partial charge in [-0.15, -0.1) is 11.3 Å². The van der Waals surface area contributed by atoms with Crippen LogP contribution in [0.3, 0.4) is 0 Å². The van der Waals surface area contributed by atoms with E-state index in [1.165, 1.54) is 35.4 Å². The van der Waals surface area contributed by atoms with Crippen LogP contribution in [0.2, 0.25) is 0 Å². The molecule has 33 heavy (non-hydrogen) atoms. The van der Waals surface area contributed by atoms with Crippen molar-refractivity contribution in [2.45, 2.75) is 78.8 Å². The molecule has 1 saturated carbocycles. The van der Waals surface area contributed by atoms with Crippen molar-refractivity contribution in [3.63, 3.8) is 0 Å². The van der Waals surface area contributed by atoms with Crippen LogP contribution in [0.25, 0.3) is 0 Å². The Morgan fingerprint density at radius 1 is 1.00 bits per heavy atom. The number of hydrogen-bond acceptors (Lipinski definition) is 3. The minimum atomic E-state index is 0.0300. The molecule has 0 saturated heterocycles. The molecule has 0 spiro atoms. The van der Waals surface area contributed by atoms with Gasteiger partial charge in [-0.1, -0.05) is 76.3 Å². The van der Waals surface area contributed by atoms with Gasteiger partial charge in [0.05, 0.1) is 13.1 Å². The van der Waals surface area contributed by atoms with Crippen molar-refractivity contribution in [3.05, 3.63) is 57.8 Å². The van der Waals surface area contributed by atoms with E-state index >= 15 is 0 Å². The predicted octanol–water partition coefficient (Wildman–Crippen LogP) is 6.43. The van der Waals surface area contributed by atoms with E-state index in [1.54, 1.807) is 11.3 Å². The highest BCUT2D eigenvalue weighted by Gasteiger charge is 2.24. The second kappa shape index (κ2) is 12.9. The number of nitrogens with zero attached hydrogens (tertiary/aromatic N) is 2. The quantitative estimate of drug-likeness (QED) is 0.360. The molecular formula is C28H40N2O2S. The molecule has 1 heterocycles. The first-order valence-electron chi connectivity index (χ1n) is 12.6. The third-order valence-electron chi connectivity index (χ3n) is 6.86. The van der Waals surface area contributed by atoms with Crippen molar-refractivity contribution >= 4 is 23.2 Å². The summed E-state index contributed by atoms with van der Waals surface area (Å²) in [6.07, 6.45) is 7.63. The summed E-state index contributed by atoms with van der Waals surface area (Å²) >= 11 is 1.73. The molecule has 5 heteroatoms. The van der Waals surface area contributed by atoms with Gasteiger partial charge in [0.15, 0.2) is 0 Å². The summed E-state index contributed by atoms with van der Waals surface area (Å²) in [5, 5.41) is 0. The number of thiophene rings is 1. The molecule has 2 amide bonds. The van der Waals surface area contributed by atoms with Crippen molar-refractivity contribution < 1.29 is 9.59 Å². The Kier molecular flexibility index (Phi) is 9.98. The maximum Gasteiger partial charge on any atom is 0.242 e. The molecule has 0 aliphatic heterocycles. The second-order valence-corrected chi connectivity index (χ2v) is 11.1. The van der Waals surface area contributed by atoms with Gasteiger partial charge >= 0.3 is 0 Å². The minimum Gasteiger partial charge on any atom is -0.333 e. The minimum absolute atomic E-state index is 0.0300. The van der Waals surface area contributed by atoms with Crippen LogP contribution in [-0.4, -0.2) is 34.7 Å². The highest BCUT2D eigenvalue weighted by atomic mass is 32.1. The van der Waals surface area contributed by atoms with E-state index in [0.717, 1.165) is 18.4 Å². The summed E-state index contributed by atoms with van der Waals surface area (Å²) in [6.45, 7) is 8.37. The van der Waals surface area contributed by atoms with Crippen LogP contribution in [0, 0.1) is 18.8 Å². The molecule has 2 aromatic rings. The first-order chi connectivity index (χ1) is 15.9. The van der Waals surface area contributed by atoms with E-state index in [2.05, 4.69) is 45.0 Å². The molecule has 0 bridgehead atoms. The van der Waals surface area contributed by atoms with Gasteiger partial charge in [-0.2, -0.15) is 0 Å². The van der Waals surface area contributed by atoms with E-state index in [1.807, 2.05) is 28.0 Å². The normalized spacial score (nSPS) is 14.9. The molecule has 180 valence electrons. The number of carbonyl (C=O) groups excluding carboxylic acids is 2. The fraction of sp³-hybridized carbons (Fsp3) is 0.571. The third kappa shape index (κ3) is 8.29. The number of carbonyl (C=O) groups is 2. The average Bonchev–Trinajstić information content (AvgIpc) is 3.48. The van der Waals surface area contributed by atoms with Gasteiger partial charge in [-0.05, 0) is 42.9 Å². The van der Waals surface area contributed by atoms with Gasteiger partial charge in [0.25, 0.3) is 0 Å². The first kappa shape index (κ1) is 25.5. The fourth-order valence-corrected chi connectivity index (χ4v) is 5.51. The SMILES string of the molecule is CCC(C)CN(CC(=O)N(Cc1ccccc1)Cc1ccc(C)s1)C(=O)CCC1CCCC1. The molecule has 1 aromatic carbocycles. The van der Waals surface area contributed by atoms with Crippen LogP contribution < -0.4 is 0 Å². The Morgan fingerprint density at radius 3 is 2.36 bits per heavy atom. The molecule has 4 nitrogen and oxygen atoms in total. The largest absolute Gasteiger partial charge is 0.333 e.